The number of alkyl halides is 1. The molecule has 1 saturated carbocycles. The van der Waals surface area contributed by atoms with Gasteiger partial charge in [-0.3, -0.25) is 14.7 Å². The van der Waals surface area contributed by atoms with Gasteiger partial charge in [-0.15, -0.1) is 0 Å². The first-order valence-electron chi connectivity index (χ1n) is 12.7. The summed E-state index contributed by atoms with van der Waals surface area (Å²) in [7, 11) is 0. The van der Waals surface area contributed by atoms with Crippen molar-refractivity contribution >= 4 is 33.6 Å². The van der Waals surface area contributed by atoms with E-state index in [-0.39, 0.29) is 11.8 Å². The molecule has 0 spiro atoms. The predicted octanol–water partition coefficient (Wildman–Crippen LogP) is 5.76. The number of hydrogen-bond donors (Lipinski definition) is 1. The number of piperidine rings is 1. The molecule has 7 nitrogen and oxygen atoms in total. The van der Waals surface area contributed by atoms with E-state index >= 15 is 4.39 Å². The number of rotatable bonds is 5. The quantitative estimate of drug-likeness (QED) is 0.385. The minimum Gasteiger partial charge on any atom is -0.436 e. The lowest BCUT2D eigenvalue weighted by Crippen LogP contribution is -2.46. The molecule has 1 saturated heterocycles. The number of aromatic nitrogens is 3. The largest absolute Gasteiger partial charge is 0.436 e. The van der Waals surface area contributed by atoms with Crippen LogP contribution in [0.5, 0.6) is 0 Å². The molecule has 8 heteroatoms. The van der Waals surface area contributed by atoms with E-state index in [0.717, 1.165) is 42.3 Å². The number of carbonyl (C=O) groups is 1. The Bertz CT molecular complexity index is 1480. The van der Waals surface area contributed by atoms with Crippen LogP contribution in [0.4, 0.5) is 10.2 Å². The molecule has 4 heterocycles. The Labute approximate surface area is 209 Å². The SMILES string of the molecule is Cc1ncc(-c2nc3cc([C@]4(F)CCCN(C(C)C)C4)ccc3o2)c2cc(NC(=O)C3CC3)ncc12. The van der Waals surface area contributed by atoms with Crippen molar-refractivity contribution in [3.8, 4) is 11.5 Å². The fraction of sp³-hybridized carbons (Fsp3) is 0.429. The van der Waals surface area contributed by atoms with Gasteiger partial charge in [-0.25, -0.2) is 14.4 Å². The fourth-order valence-electron chi connectivity index (χ4n) is 5.12. The second-order valence-electron chi connectivity index (χ2n) is 10.5. The molecule has 1 amide bonds. The molecule has 4 aromatic rings. The standard InChI is InChI=1S/C28H30FN5O2/c1-16(2)34-10-4-9-28(29,15-34)19-7-8-24-23(11-19)32-27(36-24)22-14-30-17(3)21-13-31-25(12-20(21)22)33-26(35)18-5-6-18/h7-8,11-14,16,18H,4-6,9-10,15H2,1-3H3,(H,31,33,35)/t28-/m0/s1. The maximum atomic E-state index is 16.1. The van der Waals surface area contributed by atoms with Gasteiger partial charge in [0.2, 0.25) is 11.8 Å². The number of aryl methyl sites for hydroxylation is 1. The van der Waals surface area contributed by atoms with E-state index in [0.29, 0.717) is 52.9 Å². The first-order valence-corrected chi connectivity index (χ1v) is 12.7. The first kappa shape index (κ1) is 23.0. The van der Waals surface area contributed by atoms with Gasteiger partial charge >= 0.3 is 0 Å². The third-order valence-electron chi connectivity index (χ3n) is 7.51. The molecule has 0 bridgehead atoms. The maximum absolute atomic E-state index is 16.1. The van der Waals surface area contributed by atoms with Gasteiger partial charge in [-0.05, 0) is 76.8 Å². The van der Waals surface area contributed by atoms with E-state index in [1.807, 2.05) is 31.2 Å². The van der Waals surface area contributed by atoms with Gasteiger partial charge in [0.25, 0.3) is 0 Å². The number of pyridine rings is 2. The van der Waals surface area contributed by atoms with Gasteiger partial charge in [-0.2, -0.15) is 0 Å². The van der Waals surface area contributed by atoms with Crippen LogP contribution < -0.4 is 5.32 Å². The van der Waals surface area contributed by atoms with Gasteiger partial charge < -0.3 is 9.73 Å². The Hall–Kier alpha value is -3.39. The molecule has 36 heavy (non-hydrogen) atoms. The number of hydrogen-bond acceptors (Lipinski definition) is 6. The molecular formula is C28H30FN5O2. The lowest BCUT2D eigenvalue weighted by Gasteiger charge is -2.39. The van der Waals surface area contributed by atoms with Crippen LogP contribution in [0.2, 0.25) is 0 Å². The number of fused-ring (bicyclic) bond motifs is 2. The summed E-state index contributed by atoms with van der Waals surface area (Å²) in [4.78, 5) is 28.1. The van der Waals surface area contributed by atoms with Crippen LogP contribution in [0.1, 0.15) is 50.8 Å². The van der Waals surface area contributed by atoms with Gasteiger partial charge in [0.1, 0.15) is 17.0 Å². The predicted molar refractivity (Wildman–Crippen MR) is 137 cm³/mol. The minimum atomic E-state index is -1.41. The lowest BCUT2D eigenvalue weighted by atomic mass is 9.87. The van der Waals surface area contributed by atoms with Crippen LogP contribution in [0, 0.1) is 12.8 Å². The van der Waals surface area contributed by atoms with Crippen LogP contribution in [0.3, 0.4) is 0 Å². The monoisotopic (exact) mass is 487 g/mol. The van der Waals surface area contributed by atoms with Gasteiger partial charge in [0.15, 0.2) is 5.58 Å². The summed E-state index contributed by atoms with van der Waals surface area (Å²) in [6.45, 7) is 7.44. The zero-order valence-electron chi connectivity index (χ0n) is 20.8. The molecule has 0 unspecified atom stereocenters. The molecule has 1 aliphatic heterocycles. The molecule has 1 aliphatic carbocycles. The number of likely N-dealkylation sites (tertiary alicyclic amines) is 1. The normalized spacial score (nSPS) is 20.9. The van der Waals surface area contributed by atoms with E-state index in [9.17, 15) is 4.79 Å². The highest BCUT2D eigenvalue weighted by Gasteiger charge is 2.38. The number of oxazole rings is 1. The third-order valence-corrected chi connectivity index (χ3v) is 7.51. The van der Waals surface area contributed by atoms with Crippen LogP contribution >= 0.6 is 0 Å². The van der Waals surface area contributed by atoms with Crippen molar-refractivity contribution in [1.82, 2.24) is 19.9 Å². The Morgan fingerprint density at radius 3 is 2.81 bits per heavy atom. The van der Waals surface area contributed by atoms with Crippen molar-refractivity contribution in [3.05, 3.63) is 47.9 Å². The average molecular weight is 488 g/mol. The van der Waals surface area contributed by atoms with Crippen molar-refractivity contribution in [2.45, 2.75) is 58.2 Å². The summed E-state index contributed by atoms with van der Waals surface area (Å²) in [6, 6.07) is 7.60. The Morgan fingerprint density at radius 1 is 1.19 bits per heavy atom. The number of anilines is 1. The average Bonchev–Trinajstić information content (AvgIpc) is 3.63. The number of nitrogens with one attached hydrogen (secondary N) is 1. The summed E-state index contributed by atoms with van der Waals surface area (Å²) in [6.07, 6.45) is 6.63. The van der Waals surface area contributed by atoms with Crippen molar-refractivity contribution in [2.24, 2.45) is 5.92 Å². The van der Waals surface area contributed by atoms with E-state index in [1.165, 1.54) is 0 Å². The Balaban J connectivity index is 1.38. The molecule has 2 fully saturated rings. The van der Waals surface area contributed by atoms with Crippen LogP contribution in [-0.2, 0) is 10.5 Å². The zero-order valence-corrected chi connectivity index (χ0v) is 20.8. The minimum absolute atomic E-state index is 0.00228. The van der Waals surface area contributed by atoms with Gasteiger partial charge in [-0.1, -0.05) is 6.07 Å². The van der Waals surface area contributed by atoms with E-state index in [2.05, 4.69) is 34.0 Å². The number of nitrogens with zero attached hydrogens (tertiary/aromatic N) is 4. The Kier molecular flexibility index (Phi) is 5.52. The molecule has 1 aromatic carbocycles. The fourth-order valence-corrected chi connectivity index (χ4v) is 5.12. The van der Waals surface area contributed by atoms with E-state index in [1.54, 1.807) is 12.4 Å². The summed E-state index contributed by atoms with van der Waals surface area (Å²) in [5.41, 5.74) is 1.97. The van der Waals surface area contributed by atoms with Gasteiger partial charge in [0.05, 0.1) is 5.56 Å². The Morgan fingerprint density at radius 2 is 2.03 bits per heavy atom. The summed E-state index contributed by atoms with van der Waals surface area (Å²) < 4.78 is 22.2. The number of halogens is 1. The highest BCUT2D eigenvalue weighted by molar-refractivity contribution is 6.00. The summed E-state index contributed by atoms with van der Waals surface area (Å²) in [5, 5.41) is 4.62. The smallest absolute Gasteiger partial charge is 0.229 e. The number of benzene rings is 1. The first-order chi connectivity index (χ1) is 17.3. The summed E-state index contributed by atoms with van der Waals surface area (Å²) in [5.74, 6) is 0.993. The second kappa shape index (κ2) is 8.62. The number of amides is 1. The van der Waals surface area contributed by atoms with Crippen LogP contribution in [0.25, 0.3) is 33.3 Å². The van der Waals surface area contributed by atoms with Crippen molar-refractivity contribution in [2.75, 3.05) is 18.4 Å². The molecule has 2 aliphatic rings. The topological polar surface area (TPSA) is 84.2 Å². The molecule has 0 radical (unpaired) electrons. The molecule has 1 atom stereocenters. The molecule has 3 aromatic heterocycles. The lowest BCUT2D eigenvalue weighted by molar-refractivity contribution is -0.117. The van der Waals surface area contributed by atoms with Crippen LogP contribution in [0.15, 0.2) is 41.1 Å². The van der Waals surface area contributed by atoms with E-state index in [4.69, 9.17) is 9.40 Å². The van der Waals surface area contributed by atoms with Gasteiger partial charge in [0, 0.05) is 47.4 Å². The second-order valence-corrected chi connectivity index (χ2v) is 10.5. The molecule has 186 valence electrons. The maximum Gasteiger partial charge on any atom is 0.229 e. The molecule has 6 rings (SSSR count). The highest BCUT2D eigenvalue weighted by atomic mass is 19.1. The van der Waals surface area contributed by atoms with E-state index < -0.39 is 5.67 Å². The third kappa shape index (κ3) is 4.13. The van der Waals surface area contributed by atoms with Crippen molar-refractivity contribution in [3.63, 3.8) is 0 Å². The highest BCUT2D eigenvalue weighted by Crippen LogP contribution is 2.39. The van der Waals surface area contributed by atoms with Crippen molar-refractivity contribution in [1.29, 1.82) is 0 Å². The number of carbonyl (C=O) groups excluding carboxylic acids is 1. The van der Waals surface area contributed by atoms with Crippen LogP contribution in [-0.4, -0.2) is 44.9 Å². The summed E-state index contributed by atoms with van der Waals surface area (Å²) >= 11 is 0. The molecule has 1 N–H and O–H groups in total. The molecular weight excluding hydrogens is 457 g/mol. The van der Waals surface area contributed by atoms with Crippen molar-refractivity contribution < 1.29 is 13.6 Å². The zero-order chi connectivity index (χ0) is 25.0.